The van der Waals surface area contributed by atoms with E-state index in [1.165, 1.54) is 12.6 Å². The Morgan fingerprint density at radius 3 is 2.03 bits per heavy atom. The molecule has 7 heteroatoms. The zero-order valence-electron chi connectivity index (χ0n) is 21.0. The summed E-state index contributed by atoms with van der Waals surface area (Å²) < 4.78 is 13.1. The van der Waals surface area contributed by atoms with E-state index in [1.807, 2.05) is 70.2 Å². The van der Waals surface area contributed by atoms with Crippen molar-refractivity contribution in [2.45, 2.75) is 59.2 Å². The minimum Gasteiger partial charge on any atom is -0.357 e. The van der Waals surface area contributed by atoms with Gasteiger partial charge in [-0.05, 0) is 34.9 Å². The number of carbonyl (C=O) groups excluding carboxylic acids is 2. The molecule has 2 rings (SSSR count). The first-order chi connectivity index (χ1) is 15.9. The van der Waals surface area contributed by atoms with E-state index >= 15 is 0 Å². The Morgan fingerprint density at radius 1 is 0.941 bits per heavy atom. The number of hydrogen-bond donors (Lipinski definition) is 3. The van der Waals surface area contributed by atoms with Crippen molar-refractivity contribution in [2.24, 2.45) is 11.3 Å². The summed E-state index contributed by atoms with van der Waals surface area (Å²) in [5, 5.41) is 5.42. The fourth-order valence-corrected chi connectivity index (χ4v) is 5.97. The van der Waals surface area contributed by atoms with E-state index in [1.54, 1.807) is 0 Å². The van der Waals surface area contributed by atoms with Crippen molar-refractivity contribution in [1.82, 2.24) is 10.6 Å². The first-order valence-electron chi connectivity index (χ1n) is 11.9. The molecule has 2 aromatic rings. The molecule has 3 atom stereocenters. The number of amides is 2. The van der Waals surface area contributed by atoms with Gasteiger partial charge in [0.25, 0.3) is 0 Å². The first-order valence-corrected chi connectivity index (χ1v) is 13.9. The maximum Gasteiger partial charge on any atom is 0.242 e. The standard InChI is InChI=1S/C27H39N2O4P/c1-6-10-23(25(30)29-24(26(31)28-5)27(2,3)4)19-34(32,33)18-22-15-13-21(14-16-22)17-20-11-8-7-9-12-20/h7-9,11-16,23-24H,6,10,17-19H2,1-5H3,(H,28,31)(H,29,30)(H,32,33)/t23?,24-/m1/s1. The summed E-state index contributed by atoms with van der Waals surface area (Å²) in [4.78, 5) is 36.1. The second-order valence-electron chi connectivity index (χ2n) is 10.1. The van der Waals surface area contributed by atoms with E-state index in [9.17, 15) is 19.0 Å². The molecule has 2 amide bonds. The van der Waals surface area contributed by atoms with Gasteiger partial charge >= 0.3 is 0 Å². The van der Waals surface area contributed by atoms with Crippen molar-refractivity contribution in [2.75, 3.05) is 13.2 Å². The fourth-order valence-electron chi connectivity index (χ4n) is 4.02. The number of benzene rings is 2. The Hall–Kier alpha value is -2.43. The average Bonchev–Trinajstić information content (AvgIpc) is 2.77. The lowest BCUT2D eigenvalue weighted by atomic mass is 9.85. The summed E-state index contributed by atoms with van der Waals surface area (Å²) in [6, 6.07) is 17.2. The van der Waals surface area contributed by atoms with Gasteiger partial charge < -0.3 is 15.5 Å². The predicted molar refractivity (Wildman–Crippen MR) is 138 cm³/mol. The average molecular weight is 487 g/mol. The van der Waals surface area contributed by atoms with Crippen molar-refractivity contribution >= 4 is 19.2 Å². The highest BCUT2D eigenvalue weighted by molar-refractivity contribution is 7.57. The second kappa shape index (κ2) is 12.3. The molecule has 0 bridgehead atoms. The van der Waals surface area contributed by atoms with Gasteiger partial charge in [0.1, 0.15) is 6.04 Å². The maximum absolute atomic E-state index is 13.1. The third-order valence-corrected chi connectivity index (χ3v) is 7.75. The molecule has 0 fully saturated rings. The second-order valence-corrected chi connectivity index (χ2v) is 12.4. The van der Waals surface area contributed by atoms with Gasteiger partial charge in [-0.3, -0.25) is 14.2 Å². The Kier molecular flexibility index (Phi) is 10.1. The highest BCUT2D eigenvalue weighted by Crippen LogP contribution is 2.47. The summed E-state index contributed by atoms with van der Waals surface area (Å²) in [5.41, 5.74) is 2.63. The Bertz CT molecular complexity index is 984. The van der Waals surface area contributed by atoms with Crippen LogP contribution in [0.3, 0.4) is 0 Å². The van der Waals surface area contributed by atoms with E-state index in [2.05, 4.69) is 22.8 Å². The van der Waals surface area contributed by atoms with Crippen LogP contribution in [0.2, 0.25) is 0 Å². The Labute approximate surface area is 204 Å². The highest BCUT2D eigenvalue weighted by Gasteiger charge is 2.35. The monoisotopic (exact) mass is 486 g/mol. The zero-order chi connectivity index (χ0) is 25.4. The summed E-state index contributed by atoms with van der Waals surface area (Å²) in [7, 11) is -2.08. The van der Waals surface area contributed by atoms with Crippen LogP contribution in [0.4, 0.5) is 0 Å². The molecule has 6 nitrogen and oxygen atoms in total. The number of carbonyl (C=O) groups is 2. The molecule has 3 N–H and O–H groups in total. The van der Waals surface area contributed by atoms with Crippen molar-refractivity contribution in [3.05, 3.63) is 71.3 Å². The molecular weight excluding hydrogens is 447 g/mol. The highest BCUT2D eigenvalue weighted by atomic mass is 31.2. The summed E-state index contributed by atoms with van der Waals surface area (Å²) in [6.45, 7) is 7.56. The van der Waals surface area contributed by atoms with E-state index in [4.69, 9.17) is 0 Å². The van der Waals surface area contributed by atoms with Gasteiger partial charge in [0.15, 0.2) is 0 Å². The van der Waals surface area contributed by atoms with E-state index in [-0.39, 0.29) is 24.1 Å². The molecule has 0 aliphatic heterocycles. The van der Waals surface area contributed by atoms with Crippen LogP contribution in [0.5, 0.6) is 0 Å². The lowest BCUT2D eigenvalue weighted by Gasteiger charge is -2.31. The van der Waals surface area contributed by atoms with Gasteiger partial charge in [-0.25, -0.2) is 0 Å². The molecule has 34 heavy (non-hydrogen) atoms. The minimum atomic E-state index is -3.61. The van der Waals surface area contributed by atoms with Crippen LogP contribution in [0.1, 0.15) is 57.2 Å². The Balaban J connectivity index is 2.06. The molecule has 0 aromatic heterocycles. The number of rotatable bonds is 11. The quantitative estimate of drug-likeness (QED) is 0.400. The van der Waals surface area contributed by atoms with Crippen molar-refractivity contribution < 1.29 is 19.0 Å². The van der Waals surface area contributed by atoms with Crippen LogP contribution in [0.25, 0.3) is 0 Å². The molecule has 0 radical (unpaired) electrons. The van der Waals surface area contributed by atoms with Gasteiger partial charge in [-0.2, -0.15) is 0 Å². The smallest absolute Gasteiger partial charge is 0.242 e. The van der Waals surface area contributed by atoms with Gasteiger partial charge in [0.05, 0.1) is 0 Å². The van der Waals surface area contributed by atoms with Crippen LogP contribution in [-0.4, -0.2) is 36.0 Å². The molecule has 0 aliphatic carbocycles. The minimum absolute atomic E-state index is 0.0181. The molecule has 186 valence electrons. The number of likely N-dealkylation sites (N-methyl/N-ethyl adjacent to an activating group) is 1. The van der Waals surface area contributed by atoms with Gasteiger partial charge in [0, 0.05) is 25.3 Å². The summed E-state index contributed by atoms with van der Waals surface area (Å²) in [5.74, 6) is -1.26. The molecule has 0 heterocycles. The van der Waals surface area contributed by atoms with Crippen LogP contribution >= 0.6 is 7.37 Å². The molecular formula is C27H39N2O4P. The maximum atomic E-state index is 13.1. The third-order valence-electron chi connectivity index (χ3n) is 5.88. The van der Waals surface area contributed by atoms with Crippen LogP contribution in [-0.2, 0) is 26.7 Å². The van der Waals surface area contributed by atoms with Crippen LogP contribution < -0.4 is 10.6 Å². The van der Waals surface area contributed by atoms with E-state index < -0.39 is 24.7 Å². The normalized spacial score (nSPS) is 15.1. The van der Waals surface area contributed by atoms with Crippen LogP contribution in [0, 0.1) is 11.3 Å². The number of nitrogens with one attached hydrogen (secondary N) is 2. The summed E-state index contributed by atoms with van der Waals surface area (Å²) >= 11 is 0. The lowest BCUT2D eigenvalue weighted by Crippen LogP contribution is -2.54. The first kappa shape index (κ1) is 27.8. The van der Waals surface area contributed by atoms with Gasteiger partial charge in [-0.15, -0.1) is 0 Å². The summed E-state index contributed by atoms with van der Waals surface area (Å²) in [6.07, 6.45) is 1.90. The van der Waals surface area contributed by atoms with Gasteiger partial charge in [-0.1, -0.05) is 88.7 Å². The number of hydrogen-bond acceptors (Lipinski definition) is 3. The molecule has 0 saturated carbocycles. The Morgan fingerprint density at radius 2 is 1.50 bits per heavy atom. The fraction of sp³-hybridized carbons (Fsp3) is 0.481. The molecule has 0 saturated heterocycles. The molecule has 0 aliphatic rings. The van der Waals surface area contributed by atoms with Crippen LogP contribution in [0.15, 0.2) is 54.6 Å². The van der Waals surface area contributed by atoms with E-state index in [0.29, 0.717) is 12.8 Å². The molecule has 2 unspecified atom stereocenters. The van der Waals surface area contributed by atoms with Crippen molar-refractivity contribution in [1.29, 1.82) is 0 Å². The topological polar surface area (TPSA) is 95.5 Å². The predicted octanol–water partition coefficient (Wildman–Crippen LogP) is 4.74. The third kappa shape index (κ3) is 8.73. The largest absolute Gasteiger partial charge is 0.357 e. The molecule has 2 aromatic carbocycles. The molecule has 0 spiro atoms. The zero-order valence-corrected chi connectivity index (χ0v) is 21.9. The van der Waals surface area contributed by atoms with E-state index in [0.717, 1.165) is 17.5 Å². The van der Waals surface area contributed by atoms with Gasteiger partial charge in [0.2, 0.25) is 19.2 Å². The lowest BCUT2D eigenvalue weighted by molar-refractivity contribution is -0.133. The van der Waals surface area contributed by atoms with Crippen molar-refractivity contribution in [3.63, 3.8) is 0 Å². The SMILES string of the molecule is CCCC(CP(=O)(O)Cc1ccc(Cc2ccccc2)cc1)C(=O)N[C@H](C(=O)NC)C(C)(C)C. The van der Waals surface area contributed by atoms with Crippen molar-refractivity contribution in [3.8, 4) is 0 Å².